The number of hydrogen-bond acceptors (Lipinski definition) is 3. The van der Waals surface area contributed by atoms with Gasteiger partial charge in [0.25, 0.3) is 10.1 Å². The third-order valence-electron chi connectivity index (χ3n) is 2.84. The molecule has 2 aromatic rings. The largest absolute Gasteiger partial charge is 0.494 e. The number of benzene rings is 2. The SMILES string of the molecule is O=S(=O)(O)c1ccc(CCCOc2ccccc2)cc1. The summed E-state index contributed by atoms with van der Waals surface area (Å²) in [4.78, 5) is -0.0817. The Bertz CT molecular complexity index is 633. The van der Waals surface area contributed by atoms with Gasteiger partial charge in [0.15, 0.2) is 0 Å². The molecule has 0 unspecified atom stereocenters. The molecule has 0 aromatic heterocycles. The lowest BCUT2D eigenvalue weighted by molar-refractivity contribution is 0.311. The minimum Gasteiger partial charge on any atom is -0.494 e. The van der Waals surface area contributed by atoms with Gasteiger partial charge in [-0.3, -0.25) is 4.55 Å². The predicted octanol–water partition coefficient (Wildman–Crippen LogP) is 2.94. The lowest BCUT2D eigenvalue weighted by atomic mass is 10.1. The monoisotopic (exact) mass is 292 g/mol. The molecule has 0 saturated heterocycles. The number of ether oxygens (including phenoxy) is 1. The topological polar surface area (TPSA) is 63.6 Å². The second kappa shape index (κ2) is 6.54. The average molecular weight is 292 g/mol. The van der Waals surface area contributed by atoms with E-state index in [4.69, 9.17) is 9.29 Å². The Morgan fingerprint density at radius 3 is 2.20 bits per heavy atom. The maximum atomic E-state index is 10.9. The zero-order valence-corrected chi connectivity index (χ0v) is 11.7. The Hall–Kier alpha value is -1.85. The molecule has 0 bridgehead atoms. The van der Waals surface area contributed by atoms with E-state index in [1.807, 2.05) is 30.3 Å². The summed E-state index contributed by atoms with van der Waals surface area (Å²) in [6.07, 6.45) is 1.62. The first-order valence-electron chi connectivity index (χ1n) is 6.30. The van der Waals surface area contributed by atoms with Crippen LogP contribution in [-0.4, -0.2) is 19.6 Å². The molecular weight excluding hydrogens is 276 g/mol. The summed E-state index contributed by atoms with van der Waals surface area (Å²) in [5.41, 5.74) is 1.01. The molecule has 0 heterocycles. The molecule has 0 aliphatic carbocycles. The van der Waals surface area contributed by atoms with Crippen molar-refractivity contribution in [3.8, 4) is 5.75 Å². The van der Waals surface area contributed by atoms with Crippen LogP contribution in [0.25, 0.3) is 0 Å². The van der Waals surface area contributed by atoms with Crippen LogP contribution in [0.15, 0.2) is 59.5 Å². The van der Waals surface area contributed by atoms with E-state index < -0.39 is 10.1 Å². The molecule has 2 aromatic carbocycles. The lowest BCUT2D eigenvalue weighted by Gasteiger charge is -2.06. The Morgan fingerprint density at radius 1 is 0.950 bits per heavy atom. The molecule has 0 fully saturated rings. The standard InChI is InChI=1S/C15H16O4S/c16-20(17,18)15-10-8-13(9-11-15)5-4-12-19-14-6-2-1-3-7-14/h1-3,6-11H,4-5,12H2,(H,16,17,18). The Morgan fingerprint density at radius 2 is 1.60 bits per heavy atom. The molecule has 1 N–H and O–H groups in total. The molecule has 2 rings (SSSR count). The summed E-state index contributed by atoms with van der Waals surface area (Å²) in [6.45, 7) is 0.601. The molecule has 20 heavy (non-hydrogen) atoms. The fraction of sp³-hybridized carbons (Fsp3) is 0.200. The van der Waals surface area contributed by atoms with E-state index in [1.165, 1.54) is 12.1 Å². The minimum absolute atomic E-state index is 0.0817. The molecule has 0 spiro atoms. The smallest absolute Gasteiger partial charge is 0.294 e. The van der Waals surface area contributed by atoms with Crippen molar-refractivity contribution in [1.82, 2.24) is 0 Å². The van der Waals surface area contributed by atoms with Gasteiger partial charge in [0.2, 0.25) is 0 Å². The summed E-state index contributed by atoms with van der Waals surface area (Å²) in [7, 11) is -4.11. The van der Waals surface area contributed by atoms with Crippen LogP contribution in [0.5, 0.6) is 5.75 Å². The van der Waals surface area contributed by atoms with Crippen LogP contribution in [0.2, 0.25) is 0 Å². The van der Waals surface area contributed by atoms with Gasteiger partial charge in [0.05, 0.1) is 11.5 Å². The van der Waals surface area contributed by atoms with E-state index in [0.29, 0.717) is 6.61 Å². The van der Waals surface area contributed by atoms with Crippen molar-refractivity contribution in [3.63, 3.8) is 0 Å². The highest BCUT2D eigenvalue weighted by Gasteiger charge is 2.08. The quantitative estimate of drug-likeness (QED) is 0.657. The fourth-order valence-corrected chi connectivity index (χ4v) is 2.29. The Labute approximate surface area is 118 Å². The van der Waals surface area contributed by atoms with Crippen molar-refractivity contribution in [2.24, 2.45) is 0 Å². The first kappa shape index (κ1) is 14.6. The number of para-hydroxylation sites is 1. The summed E-state index contributed by atoms with van der Waals surface area (Å²) in [5, 5.41) is 0. The van der Waals surface area contributed by atoms with Gasteiger partial charge in [-0.05, 0) is 42.7 Å². The normalized spacial score (nSPS) is 11.2. The van der Waals surface area contributed by atoms with Crippen molar-refractivity contribution in [2.45, 2.75) is 17.7 Å². The van der Waals surface area contributed by atoms with E-state index in [-0.39, 0.29) is 4.90 Å². The third-order valence-corrected chi connectivity index (χ3v) is 3.71. The van der Waals surface area contributed by atoms with Crippen molar-refractivity contribution < 1.29 is 17.7 Å². The molecule has 0 aliphatic rings. The second-order valence-corrected chi connectivity index (χ2v) is 5.81. The highest BCUT2D eigenvalue weighted by molar-refractivity contribution is 7.85. The van der Waals surface area contributed by atoms with Crippen molar-refractivity contribution >= 4 is 10.1 Å². The zero-order chi connectivity index (χ0) is 14.4. The number of rotatable bonds is 6. The minimum atomic E-state index is -4.11. The number of hydrogen-bond donors (Lipinski definition) is 1. The average Bonchev–Trinajstić information content (AvgIpc) is 2.44. The Balaban J connectivity index is 1.80. The predicted molar refractivity (Wildman–Crippen MR) is 76.5 cm³/mol. The number of aryl methyl sites for hydroxylation is 1. The highest BCUT2D eigenvalue weighted by atomic mass is 32.2. The fourth-order valence-electron chi connectivity index (χ4n) is 1.81. The van der Waals surface area contributed by atoms with Gasteiger partial charge in [-0.25, -0.2) is 0 Å². The third kappa shape index (κ3) is 4.36. The van der Waals surface area contributed by atoms with Crippen LogP contribution in [0.4, 0.5) is 0 Å². The van der Waals surface area contributed by atoms with Gasteiger partial charge >= 0.3 is 0 Å². The lowest BCUT2D eigenvalue weighted by Crippen LogP contribution is -2.00. The summed E-state index contributed by atoms with van der Waals surface area (Å²) >= 11 is 0. The van der Waals surface area contributed by atoms with E-state index in [2.05, 4.69) is 0 Å². The summed E-state index contributed by atoms with van der Waals surface area (Å²) in [6, 6.07) is 15.8. The van der Waals surface area contributed by atoms with E-state index in [9.17, 15) is 8.42 Å². The van der Waals surface area contributed by atoms with Crippen molar-refractivity contribution in [1.29, 1.82) is 0 Å². The van der Waals surface area contributed by atoms with Crippen LogP contribution >= 0.6 is 0 Å². The molecule has 0 amide bonds. The van der Waals surface area contributed by atoms with E-state index >= 15 is 0 Å². The molecule has 0 atom stereocenters. The van der Waals surface area contributed by atoms with Gasteiger partial charge in [-0.15, -0.1) is 0 Å². The molecule has 5 heteroatoms. The molecule has 0 saturated carbocycles. The first-order valence-corrected chi connectivity index (χ1v) is 7.74. The van der Waals surface area contributed by atoms with Gasteiger partial charge in [0.1, 0.15) is 5.75 Å². The van der Waals surface area contributed by atoms with E-state index in [1.54, 1.807) is 12.1 Å². The van der Waals surface area contributed by atoms with Crippen LogP contribution in [0.3, 0.4) is 0 Å². The molecule has 106 valence electrons. The van der Waals surface area contributed by atoms with Crippen molar-refractivity contribution in [3.05, 3.63) is 60.2 Å². The maximum Gasteiger partial charge on any atom is 0.294 e. The molecule has 0 radical (unpaired) electrons. The van der Waals surface area contributed by atoms with Crippen LogP contribution in [0, 0.1) is 0 Å². The van der Waals surface area contributed by atoms with Crippen LogP contribution in [0.1, 0.15) is 12.0 Å². The van der Waals surface area contributed by atoms with Gasteiger partial charge in [-0.2, -0.15) is 8.42 Å². The van der Waals surface area contributed by atoms with Gasteiger partial charge in [-0.1, -0.05) is 30.3 Å². The Kier molecular flexibility index (Phi) is 4.76. The van der Waals surface area contributed by atoms with Crippen molar-refractivity contribution in [2.75, 3.05) is 6.61 Å². The molecular formula is C15H16O4S. The van der Waals surface area contributed by atoms with Gasteiger partial charge < -0.3 is 4.74 Å². The zero-order valence-electron chi connectivity index (χ0n) is 10.9. The molecule has 4 nitrogen and oxygen atoms in total. The van der Waals surface area contributed by atoms with E-state index in [0.717, 1.165) is 24.2 Å². The molecule has 0 aliphatic heterocycles. The van der Waals surface area contributed by atoms with Crippen LogP contribution < -0.4 is 4.74 Å². The highest BCUT2D eigenvalue weighted by Crippen LogP contribution is 2.12. The maximum absolute atomic E-state index is 10.9. The van der Waals surface area contributed by atoms with Gasteiger partial charge in [0, 0.05) is 0 Å². The summed E-state index contributed by atoms with van der Waals surface area (Å²) in [5.74, 6) is 0.842. The summed E-state index contributed by atoms with van der Waals surface area (Å²) < 4.78 is 36.2. The van der Waals surface area contributed by atoms with Crippen LogP contribution in [-0.2, 0) is 16.5 Å². The second-order valence-electron chi connectivity index (χ2n) is 4.38. The first-order chi connectivity index (χ1) is 9.55.